The van der Waals surface area contributed by atoms with E-state index in [9.17, 15) is 4.79 Å². The van der Waals surface area contributed by atoms with Gasteiger partial charge in [0.1, 0.15) is 11.5 Å². The topological polar surface area (TPSA) is 59.6 Å². The maximum absolute atomic E-state index is 12.7. The smallest absolute Gasteiger partial charge is 0.234 e. The molecular formula is C24H32N2O3. The third-order valence-electron chi connectivity index (χ3n) is 5.51. The van der Waals surface area contributed by atoms with Crippen LogP contribution in [0.5, 0.6) is 11.5 Å². The summed E-state index contributed by atoms with van der Waals surface area (Å²) in [6, 6.07) is 16.2. The molecule has 0 radical (unpaired) electrons. The molecule has 0 heterocycles. The predicted molar refractivity (Wildman–Crippen MR) is 115 cm³/mol. The van der Waals surface area contributed by atoms with E-state index >= 15 is 0 Å². The molecule has 1 aliphatic carbocycles. The molecule has 2 atom stereocenters. The minimum absolute atomic E-state index is 0.0127. The van der Waals surface area contributed by atoms with Gasteiger partial charge in [-0.25, -0.2) is 0 Å². The van der Waals surface area contributed by atoms with E-state index in [1.165, 1.54) is 18.4 Å². The van der Waals surface area contributed by atoms with Crippen LogP contribution in [0.15, 0.2) is 48.5 Å². The zero-order valence-electron chi connectivity index (χ0n) is 17.8. The van der Waals surface area contributed by atoms with Crippen molar-refractivity contribution in [2.24, 2.45) is 11.8 Å². The highest BCUT2D eigenvalue weighted by Gasteiger charge is 2.32. The van der Waals surface area contributed by atoms with Crippen LogP contribution in [0.3, 0.4) is 0 Å². The second-order valence-corrected chi connectivity index (χ2v) is 8.03. The first kappa shape index (κ1) is 21.2. The van der Waals surface area contributed by atoms with Gasteiger partial charge < -0.3 is 20.1 Å². The zero-order chi connectivity index (χ0) is 20.8. The molecule has 0 saturated heterocycles. The van der Waals surface area contributed by atoms with Gasteiger partial charge in [0, 0.05) is 6.04 Å². The van der Waals surface area contributed by atoms with Gasteiger partial charge in [-0.2, -0.15) is 0 Å². The third kappa shape index (κ3) is 5.73. The van der Waals surface area contributed by atoms with Gasteiger partial charge in [-0.15, -0.1) is 0 Å². The second kappa shape index (κ2) is 9.79. The SMILES string of the molecule is COc1ccc(C(NC(=O)CNC(c2ccc(OC)cc2)C2CC2)C(C)C)cc1. The largest absolute Gasteiger partial charge is 0.497 e. The van der Waals surface area contributed by atoms with E-state index in [0.29, 0.717) is 12.5 Å². The lowest BCUT2D eigenvalue weighted by molar-refractivity contribution is -0.121. The van der Waals surface area contributed by atoms with Crippen molar-refractivity contribution in [3.63, 3.8) is 0 Å². The van der Waals surface area contributed by atoms with Crippen molar-refractivity contribution in [2.45, 2.75) is 38.8 Å². The molecule has 1 aliphatic rings. The summed E-state index contributed by atoms with van der Waals surface area (Å²) in [4.78, 5) is 12.7. The Balaban J connectivity index is 1.61. The monoisotopic (exact) mass is 396 g/mol. The number of methoxy groups -OCH3 is 2. The summed E-state index contributed by atoms with van der Waals surface area (Å²) in [5.41, 5.74) is 2.29. The van der Waals surface area contributed by atoms with E-state index in [2.05, 4.69) is 36.6 Å². The molecule has 1 amide bonds. The summed E-state index contributed by atoms with van der Waals surface area (Å²) < 4.78 is 10.5. The van der Waals surface area contributed by atoms with Gasteiger partial charge in [-0.3, -0.25) is 4.79 Å². The number of nitrogens with one attached hydrogen (secondary N) is 2. The predicted octanol–water partition coefficient (Wildman–Crippen LogP) is 4.26. The standard InChI is InChI=1S/C24H32N2O3/c1-16(2)23(17-7-11-20(28-3)12-8-17)26-22(27)15-25-24(18-5-6-18)19-9-13-21(29-4)14-10-19/h7-14,16,18,23-25H,5-6,15H2,1-4H3,(H,26,27). The van der Waals surface area contributed by atoms with E-state index in [0.717, 1.165) is 17.1 Å². The molecule has 29 heavy (non-hydrogen) atoms. The number of rotatable bonds is 10. The van der Waals surface area contributed by atoms with Crippen LogP contribution >= 0.6 is 0 Å². The van der Waals surface area contributed by atoms with Crippen molar-refractivity contribution >= 4 is 5.91 Å². The van der Waals surface area contributed by atoms with Crippen LogP contribution in [-0.2, 0) is 4.79 Å². The van der Waals surface area contributed by atoms with Crippen LogP contribution in [0.4, 0.5) is 0 Å². The van der Waals surface area contributed by atoms with Gasteiger partial charge in [0.05, 0.1) is 26.8 Å². The van der Waals surface area contributed by atoms with Gasteiger partial charge in [0.15, 0.2) is 0 Å². The fourth-order valence-electron chi connectivity index (χ4n) is 3.67. The molecule has 3 rings (SSSR count). The Bertz CT molecular complexity index is 783. The quantitative estimate of drug-likeness (QED) is 0.630. The van der Waals surface area contributed by atoms with E-state index in [-0.39, 0.29) is 23.9 Å². The van der Waals surface area contributed by atoms with Crippen LogP contribution in [0.2, 0.25) is 0 Å². The molecule has 1 fully saturated rings. The van der Waals surface area contributed by atoms with Crippen molar-refractivity contribution < 1.29 is 14.3 Å². The van der Waals surface area contributed by atoms with Gasteiger partial charge in [0.25, 0.3) is 0 Å². The zero-order valence-corrected chi connectivity index (χ0v) is 17.8. The molecule has 2 aromatic carbocycles. The highest BCUT2D eigenvalue weighted by molar-refractivity contribution is 5.78. The highest BCUT2D eigenvalue weighted by atomic mass is 16.5. The molecular weight excluding hydrogens is 364 g/mol. The number of carbonyl (C=O) groups is 1. The average Bonchev–Trinajstić information content (AvgIpc) is 3.58. The fourth-order valence-corrected chi connectivity index (χ4v) is 3.67. The van der Waals surface area contributed by atoms with Gasteiger partial charge >= 0.3 is 0 Å². The maximum atomic E-state index is 12.7. The van der Waals surface area contributed by atoms with Crippen LogP contribution in [-0.4, -0.2) is 26.7 Å². The first-order chi connectivity index (χ1) is 14.0. The Kier molecular flexibility index (Phi) is 7.15. The Labute approximate surface area is 173 Å². The van der Waals surface area contributed by atoms with E-state index in [1.807, 2.05) is 36.4 Å². The summed E-state index contributed by atoms with van der Waals surface area (Å²) in [5, 5.41) is 6.67. The van der Waals surface area contributed by atoms with Crippen LogP contribution in [0, 0.1) is 11.8 Å². The molecule has 2 N–H and O–H groups in total. The number of ether oxygens (including phenoxy) is 2. The Morgan fingerprint density at radius 3 is 1.90 bits per heavy atom. The average molecular weight is 397 g/mol. The Morgan fingerprint density at radius 2 is 1.45 bits per heavy atom. The minimum atomic E-state index is -0.0319. The first-order valence-electron chi connectivity index (χ1n) is 10.3. The summed E-state index contributed by atoms with van der Waals surface area (Å²) >= 11 is 0. The lowest BCUT2D eigenvalue weighted by atomic mass is 9.96. The van der Waals surface area contributed by atoms with Crippen molar-refractivity contribution in [1.82, 2.24) is 10.6 Å². The molecule has 0 spiro atoms. The summed E-state index contributed by atoms with van der Waals surface area (Å²) in [6.45, 7) is 4.53. The molecule has 0 bridgehead atoms. The lowest BCUT2D eigenvalue weighted by Gasteiger charge is -2.24. The second-order valence-electron chi connectivity index (χ2n) is 8.03. The molecule has 0 aromatic heterocycles. The van der Waals surface area contributed by atoms with Gasteiger partial charge in [-0.05, 0) is 60.1 Å². The Hall–Kier alpha value is -2.53. The molecule has 156 valence electrons. The van der Waals surface area contributed by atoms with E-state index in [1.54, 1.807) is 14.2 Å². The van der Waals surface area contributed by atoms with E-state index in [4.69, 9.17) is 9.47 Å². The molecule has 5 heteroatoms. The van der Waals surface area contributed by atoms with Crippen molar-refractivity contribution in [3.05, 3.63) is 59.7 Å². The minimum Gasteiger partial charge on any atom is -0.497 e. The summed E-state index contributed by atoms with van der Waals surface area (Å²) in [5.74, 6) is 2.56. The number of carbonyl (C=O) groups excluding carboxylic acids is 1. The van der Waals surface area contributed by atoms with Crippen LogP contribution < -0.4 is 20.1 Å². The van der Waals surface area contributed by atoms with Crippen molar-refractivity contribution in [3.8, 4) is 11.5 Å². The normalized spacial score (nSPS) is 15.6. The number of hydrogen-bond acceptors (Lipinski definition) is 4. The number of amides is 1. The van der Waals surface area contributed by atoms with Crippen molar-refractivity contribution in [1.29, 1.82) is 0 Å². The summed E-state index contributed by atoms with van der Waals surface area (Å²) in [6.07, 6.45) is 2.40. The van der Waals surface area contributed by atoms with Crippen LogP contribution in [0.1, 0.15) is 49.9 Å². The maximum Gasteiger partial charge on any atom is 0.234 e. The Morgan fingerprint density at radius 1 is 0.931 bits per heavy atom. The van der Waals surface area contributed by atoms with Crippen LogP contribution in [0.25, 0.3) is 0 Å². The summed E-state index contributed by atoms with van der Waals surface area (Å²) in [7, 11) is 3.32. The molecule has 2 aromatic rings. The fraction of sp³-hybridized carbons (Fsp3) is 0.458. The molecule has 2 unspecified atom stereocenters. The first-order valence-corrected chi connectivity index (χ1v) is 10.3. The highest BCUT2D eigenvalue weighted by Crippen LogP contribution is 2.41. The van der Waals surface area contributed by atoms with Gasteiger partial charge in [0.2, 0.25) is 5.91 Å². The number of benzene rings is 2. The molecule has 5 nitrogen and oxygen atoms in total. The third-order valence-corrected chi connectivity index (χ3v) is 5.51. The van der Waals surface area contributed by atoms with Crippen molar-refractivity contribution in [2.75, 3.05) is 20.8 Å². The molecule has 0 aliphatic heterocycles. The molecule has 1 saturated carbocycles. The van der Waals surface area contributed by atoms with E-state index < -0.39 is 0 Å². The lowest BCUT2D eigenvalue weighted by Crippen LogP contribution is -2.39. The number of hydrogen-bond donors (Lipinski definition) is 2. The van der Waals surface area contributed by atoms with Gasteiger partial charge in [-0.1, -0.05) is 38.1 Å².